The molecule has 3 rings (SSSR count). The van der Waals surface area contributed by atoms with Crippen molar-refractivity contribution in [3.63, 3.8) is 0 Å². The molecule has 0 unspecified atom stereocenters. The molecule has 3 nitrogen and oxygen atoms in total. The van der Waals surface area contributed by atoms with E-state index < -0.39 is 0 Å². The SMILES string of the molecule is CCCCc1ccc(CCc2cc(C(=O)c3ccccc3Cl)c(NC(=O)CI)s2)cc1. The molecule has 6 heteroatoms. The van der Waals surface area contributed by atoms with Gasteiger partial charge in [-0.25, -0.2) is 0 Å². The molecular formula is C25H25ClINO2S. The molecule has 1 heterocycles. The van der Waals surface area contributed by atoms with Crippen LogP contribution in [0.25, 0.3) is 0 Å². The highest BCUT2D eigenvalue weighted by atomic mass is 127. The van der Waals surface area contributed by atoms with E-state index in [0.717, 1.165) is 24.1 Å². The maximum absolute atomic E-state index is 13.1. The first-order valence-corrected chi connectivity index (χ1v) is 13.1. The molecule has 0 saturated heterocycles. The van der Waals surface area contributed by atoms with Gasteiger partial charge in [-0.2, -0.15) is 0 Å². The van der Waals surface area contributed by atoms with Crippen molar-refractivity contribution in [3.05, 3.63) is 86.8 Å². The molecule has 0 bridgehead atoms. The van der Waals surface area contributed by atoms with E-state index in [-0.39, 0.29) is 11.7 Å². The summed E-state index contributed by atoms with van der Waals surface area (Å²) in [5, 5.41) is 3.89. The van der Waals surface area contributed by atoms with Crippen molar-refractivity contribution in [1.82, 2.24) is 0 Å². The van der Waals surface area contributed by atoms with E-state index in [2.05, 4.69) is 36.5 Å². The van der Waals surface area contributed by atoms with Crippen molar-refractivity contribution < 1.29 is 9.59 Å². The summed E-state index contributed by atoms with van der Waals surface area (Å²) in [7, 11) is 0. The molecule has 3 aromatic rings. The molecule has 31 heavy (non-hydrogen) atoms. The Morgan fingerprint density at radius 2 is 1.65 bits per heavy atom. The molecule has 1 aromatic heterocycles. The topological polar surface area (TPSA) is 46.2 Å². The van der Waals surface area contributed by atoms with Crippen LogP contribution in [0.5, 0.6) is 0 Å². The number of hydrogen-bond donors (Lipinski definition) is 1. The van der Waals surface area contributed by atoms with Crippen molar-refractivity contribution in [2.24, 2.45) is 0 Å². The molecule has 0 fully saturated rings. The zero-order chi connectivity index (χ0) is 22.2. The first-order chi connectivity index (χ1) is 15.0. The molecule has 0 atom stereocenters. The van der Waals surface area contributed by atoms with Crippen LogP contribution in [0.1, 0.15) is 51.7 Å². The van der Waals surface area contributed by atoms with E-state index in [1.807, 2.05) is 28.7 Å². The third-order valence-corrected chi connectivity index (χ3v) is 7.16. The number of aryl methyl sites for hydroxylation is 3. The third kappa shape index (κ3) is 6.64. The first-order valence-electron chi connectivity index (χ1n) is 10.4. The largest absolute Gasteiger partial charge is 0.316 e. The Labute approximate surface area is 206 Å². The van der Waals surface area contributed by atoms with Crippen molar-refractivity contribution in [1.29, 1.82) is 0 Å². The molecule has 0 aliphatic rings. The van der Waals surface area contributed by atoms with Crippen LogP contribution in [-0.2, 0) is 24.1 Å². The first kappa shape index (κ1) is 24.0. The van der Waals surface area contributed by atoms with Crippen LogP contribution in [-0.4, -0.2) is 16.1 Å². The van der Waals surface area contributed by atoms with Gasteiger partial charge in [0.05, 0.1) is 15.0 Å². The second-order valence-corrected chi connectivity index (χ2v) is 9.67. The van der Waals surface area contributed by atoms with Gasteiger partial charge in [0.2, 0.25) is 5.91 Å². The summed E-state index contributed by atoms with van der Waals surface area (Å²) in [5.74, 6) is -0.290. The van der Waals surface area contributed by atoms with Gasteiger partial charge in [-0.05, 0) is 55.0 Å². The number of anilines is 1. The zero-order valence-corrected chi connectivity index (χ0v) is 21.1. The van der Waals surface area contributed by atoms with Crippen molar-refractivity contribution >= 4 is 62.2 Å². The molecular weight excluding hydrogens is 541 g/mol. The number of hydrogen-bond acceptors (Lipinski definition) is 3. The van der Waals surface area contributed by atoms with E-state index in [9.17, 15) is 9.59 Å². The number of unbranched alkanes of at least 4 members (excludes halogenated alkanes) is 1. The average molecular weight is 566 g/mol. The summed E-state index contributed by atoms with van der Waals surface area (Å²) in [6.45, 7) is 2.21. The normalized spacial score (nSPS) is 10.8. The summed E-state index contributed by atoms with van der Waals surface area (Å²) in [6, 6.07) is 17.7. The molecule has 0 saturated carbocycles. The molecule has 0 radical (unpaired) electrons. The summed E-state index contributed by atoms with van der Waals surface area (Å²) < 4.78 is 0.328. The number of carbonyl (C=O) groups is 2. The van der Waals surface area contributed by atoms with Crippen LogP contribution < -0.4 is 5.32 Å². The Bertz CT molecular complexity index is 1050. The molecule has 0 aliphatic heterocycles. The van der Waals surface area contributed by atoms with E-state index in [0.29, 0.717) is 25.6 Å². The van der Waals surface area contributed by atoms with Gasteiger partial charge >= 0.3 is 0 Å². The highest BCUT2D eigenvalue weighted by molar-refractivity contribution is 14.1. The number of alkyl halides is 1. The summed E-state index contributed by atoms with van der Waals surface area (Å²) in [6.07, 6.45) is 5.22. The fourth-order valence-corrected chi connectivity index (χ4v) is 4.78. The predicted octanol–water partition coefficient (Wildman–Crippen LogP) is 7.13. The van der Waals surface area contributed by atoms with E-state index in [1.165, 1.54) is 35.3 Å². The van der Waals surface area contributed by atoms with Gasteiger partial charge < -0.3 is 5.32 Å². The number of halogens is 2. The van der Waals surface area contributed by atoms with E-state index >= 15 is 0 Å². The minimum Gasteiger partial charge on any atom is -0.316 e. The van der Waals surface area contributed by atoms with Crippen LogP contribution >= 0.6 is 45.5 Å². The fourth-order valence-electron chi connectivity index (χ4n) is 3.30. The molecule has 0 aliphatic carbocycles. The van der Waals surface area contributed by atoms with Crippen molar-refractivity contribution in [2.45, 2.75) is 39.0 Å². The van der Waals surface area contributed by atoms with Crippen LogP contribution in [0.4, 0.5) is 5.00 Å². The van der Waals surface area contributed by atoms with E-state index in [4.69, 9.17) is 11.6 Å². The standard InChI is InChI=1S/C25H25ClINO2S/c1-2-3-6-17-9-11-18(12-10-17)13-14-19-15-21(25(31-19)28-23(29)16-27)24(30)20-7-4-5-8-22(20)26/h4-5,7-12,15H,2-3,6,13-14,16H2,1H3,(H,28,29). The average Bonchev–Trinajstić information content (AvgIpc) is 3.19. The lowest BCUT2D eigenvalue weighted by Gasteiger charge is -2.05. The molecule has 1 amide bonds. The zero-order valence-electron chi connectivity index (χ0n) is 17.4. The number of nitrogens with one attached hydrogen (secondary N) is 1. The van der Waals surface area contributed by atoms with Gasteiger partial charge in [0, 0.05) is 10.4 Å². The minimum absolute atomic E-state index is 0.120. The lowest BCUT2D eigenvalue weighted by atomic mass is 10.0. The van der Waals surface area contributed by atoms with Crippen LogP contribution in [0.15, 0.2) is 54.6 Å². The number of amides is 1. The molecule has 2 aromatic carbocycles. The molecule has 0 spiro atoms. The number of ketones is 1. The Kier molecular flexibility index (Phi) is 9.11. The Balaban J connectivity index is 1.78. The van der Waals surface area contributed by atoms with Gasteiger partial charge in [-0.1, -0.05) is 83.9 Å². The van der Waals surface area contributed by atoms with Gasteiger partial charge in [0.25, 0.3) is 0 Å². The maximum Gasteiger partial charge on any atom is 0.234 e. The fraction of sp³-hybridized carbons (Fsp3) is 0.280. The Morgan fingerprint density at radius 1 is 0.968 bits per heavy atom. The molecule has 1 N–H and O–H groups in total. The van der Waals surface area contributed by atoms with Crippen molar-refractivity contribution in [3.8, 4) is 0 Å². The highest BCUT2D eigenvalue weighted by Crippen LogP contribution is 2.32. The lowest BCUT2D eigenvalue weighted by molar-refractivity contribution is -0.113. The predicted molar refractivity (Wildman–Crippen MR) is 139 cm³/mol. The monoisotopic (exact) mass is 565 g/mol. The molecule has 162 valence electrons. The second-order valence-electron chi connectivity index (χ2n) is 7.37. The van der Waals surface area contributed by atoms with Crippen LogP contribution in [0.2, 0.25) is 5.02 Å². The minimum atomic E-state index is -0.169. The summed E-state index contributed by atoms with van der Waals surface area (Å²) in [5.41, 5.74) is 3.59. The van der Waals surface area contributed by atoms with Gasteiger partial charge in [-0.15, -0.1) is 11.3 Å². The van der Waals surface area contributed by atoms with Crippen LogP contribution in [0, 0.1) is 0 Å². The summed E-state index contributed by atoms with van der Waals surface area (Å²) in [4.78, 5) is 26.2. The number of thiophene rings is 1. The van der Waals surface area contributed by atoms with E-state index in [1.54, 1.807) is 24.3 Å². The quantitative estimate of drug-likeness (QED) is 0.161. The third-order valence-electron chi connectivity index (χ3n) is 5.02. The van der Waals surface area contributed by atoms with Gasteiger partial charge in [-0.3, -0.25) is 9.59 Å². The van der Waals surface area contributed by atoms with Crippen LogP contribution in [0.3, 0.4) is 0 Å². The highest BCUT2D eigenvalue weighted by Gasteiger charge is 2.21. The Hall–Kier alpha value is -1.70. The number of rotatable bonds is 10. The maximum atomic E-state index is 13.1. The summed E-state index contributed by atoms with van der Waals surface area (Å²) >= 11 is 9.72. The van der Waals surface area contributed by atoms with Gasteiger partial charge in [0.15, 0.2) is 5.78 Å². The van der Waals surface area contributed by atoms with Gasteiger partial charge in [0.1, 0.15) is 5.00 Å². The Morgan fingerprint density at radius 3 is 2.29 bits per heavy atom. The van der Waals surface area contributed by atoms with Crippen molar-refractivity contribution in [2.75, 3.05) is 9.74 Å². The lowest BCUT2D eigenvalue weighted by Crippen LogP contribution is -2.14. The smallest absolute Gasteiger partial charge is 0.234 e. The number of benzene rings is 2. The number of carbonyl (C=O) groups excluding carboxylic acids is 2. The second kappa shape index (κ2) is 11.8.